The highest BCUT2D eigenvalue weighted by Gasteiger charge is 1.97. The minimum atomic E-state index is -0.228. The highest BCUT2D eigenvalue weighted by atomic mass is 127. The number of benzene rings is 1. The van der Waals surface area contributed by atoms with Crippen LogP contribution in [0, 0.1) is 5.82 Å². The molecule has 0 unspecified atom stereocenters. The number of aliphatic imine (C=N–C) groups is 1. The third kappa shape index (κ3) is 6.25. The molecule has 0 spiro atoms. The van der Waals surface area contributed by atoms with Gasteiger partial charge in [0.25, 0.3) is 0 Å². The summed E-state index contributed by atoms with van der Waals surface area (Å²) >= 11 is 0. The molecule has 1 rings (SSSR count). The number of nitrogens with one attached hydrogen (secondary N) is 2. The second-order valence-electron chi connectivity index (χ2n) is 3.23. The quantitative estimate of drug-likeness (QED) is 0.379. The highest BCUT2D eigenvalue weighted by Crippen LogP contribution is 2.02. The summed E-state index contributed by atoms with van der Waals surface area (Å²) in [6, 6.07) is 6.46. The van der Waals surface area contributed by atoms with E-state index in [1.807, 2.05) is 6.07 Å². The average molecular weight is 349 g/mol. The Kier molecular flexibility index (Phi) is 8.39. The molecule has 94 valence electrons. The summed E-state index contributed by atoms with van der Waals surface area (Å²) in [5.41, 5.74) is 0.876. The Morgan fingerprint density at radius 3 is 2.82 bits per heavy atom. The minimum Gasteiger partial charge on any atom is -0.353 e. The molecule has 2 N–H and O–H groups in total. The number of guanidine groups is 1. The maximum Gasteiger partial charge on any atom is 0.191 e. The van der Waals surface area contributed by atoms with Crippen molar-refractivity contribution in [2.45, 2.75) is 6.54 Å². The van der Waals surface area contributed by atoms with E-state index < -0.39 is 0 Å². The lowest BCUT2D eigenvalue weighted by Gasteiger charge is -2.10. The zero-order valence-electron chi connectivity index (χ0n) is 9.74. The highest BCUT2D eigenvalue weighted by molar-refractivity contribution is 14.0. The standard InChI is InChI=1S/C12H16FN3.HI/c1-3-7-15-12(14-2)16-9-10-5-4-6-11(13)8-10;/h3-6,8H,1,7,9H2,2H3,(H2,14,15,16);1H. The van der Waals surface area contributed by atoms with Crippen molar-refractivity contribution in [3.63, 3.8) is 0 Å². The topological polar surface area (TPSA) is 36.4 Å². The van der Waals surface area contributed by atoms with Crippen molar-refractivity contribution in [3.8, 4) is 0 Å². The monoisotopic (exact) mass is 349 g/mol. The lowest BCUT2D eigenvalue weighted by atomic mass is 10.2. The van der Waals surface area contributed by atoms with Gasteiger partial charge in [-0.05, 0) is 17.7 Å². The van der Waals surface area contributed by atoms with E-state index in [0.29, 0.717) is 19.0 Å². The smallest absolute Gasteiger partial charge is 0.191 e. The third-order valence-electron chi connectivity index (χ3n) is 1.99. The summed E-state index contributed by atoms with van der Waals surface area (Å²) in [7, 11) is 1.68. The van der Waals surface area contributed by atoms with E-state index in [4.69, 9.17) is 0 Å². The van der Waals surface area contributed by atoms with Crippen molar-refractivity contribution in [2.24, 2.45) is 4.99 Å². The second kappa shape index (κ2) is 8.98. The van der Waals surface area contributed by atoms with Crippen LogP contribution in [0.4, 0.5) is 4.39 Å². The van der Waals surface area contributed by atoms with Gasteiger partial charge in [0, 0.05) is 20.1 Å². The maximum absolute atomic E-state index is 12.9. The average Bonchev–Trinajstić information content (AvgIpc) is 2.29. The molecular weight excluding hydrogens is 332 g/mol. The molecule has 1 aromatic rings. The lowest BCUT2D eigenvalue weighted by Crippen LogP contribution is -2.36. The summed E-state index contributed by atoms with van der Waals surface area (Å²) in [6.07, 6.45) is 1.75. The minimum absolute atomic E-state index is 0. The zero-order chi connectivity index (χ0) is 11.8. The van der Waals surface area contributed by atoms with Crippen LogP contribution in [0.5, 0.6) is 0 Å². The van der Waals surface area contributed by atoms with Crippen molar-refractivity contribution in [1.82, 2.24) is 10.6 Å². The van der Waals surface area contributed by atoms with E-state index in [-0.39, 0.29) is 29.8 Å². The number of nitrogens with zero attached hydrogens (tertiary/aromatic N) is 1. The largest absolute Gasteiger partial charge is 0.353 e. The fourth-order valence-electron chi connectivity index (χ4n) is 1.22. The molecule has 0 radical (unpaired) electrons. The molecule has 0 fully saturated rings. The first-order chi connectivity index (χ1) is 7.76. The van der Waals surface area contributed by atoms with Gasteiger partial charge >= 0.3 is 0 Å². The lowest BCUT2D eigenvalue weighted by molar-refractivity contribution is 0.624. The molecule has 5 heteroatoms. The van der Waals surface area contributed by atoms with E-state index in [1.54, 1.807) is 19.2 Å². The van der Waals surface area contributed by atoms with Gasteiger partial charge in [-0.15, -0.1) is 30.6 Å². The van der Waals surface area contributed by atoms with Crippen LogP contribution in [0.2, 0.25) is 0 Å². The molecule has 3 nitrogen and oxygen atoms in total. The molecule has 0 aromatic heterocycles. The predicted molar refractivity (Wildman–Crippen MR) is 80.2 cm³/mol. The van der Waals surface area contributed by atoms with Crippen LogP contribution in [0.1, 0.15) is 5.56 Å². The molecule has 0 saturated heterocycles. The van der Waals surface area contributed by atoms with Gasteiger partial charge in [-0.3, -0.25) is 4.99 Å². The Labute approximate surface area is 118 Å². The van der Waals surface area contributed by atoms with Gasteiger partial charge in [0.1, 0.15) is 5.82 Å². The van der Waals surface area contributed by atoms with Crippen LogP contribution in [0.3, 0.4) is 0 Å². The molecule has 0 heterocycles. The van der Waals surface area contributed by atoms with E-state index in [1.165, 1.54) is 12.1 Å². The maximum atomic E-state index is 12.9. The number of halogens is 2. The molecule has 0 amide bonds. The van der Waals surface area contributed by atoms with Crippen molar-refractivity contribution < 1.29 is 4.39 Å². The van der Waals surface area contributed by atoms with Gasteiger partial charge in [0.05, 0.1) is 0 Å². The van der Waals surface area contributed by atoms with Crippen molar-refractivity contribution in [2.75, 3.05) is 13.6 Å². The van der Waals surface area contributed by atoms with E-state index in [9.17, 15) is 4.39 Å². The third-order valence-corrected chi connectivity index (χ3v) is 1.99. The second-order valence-corrected chi connectivity index (χ2v) is 3.23. The fourth-order valence-corrected chi connectivity index (χ4v) is 1.22. The number of rotatable bonds is 4. The van der Waals surface area contributed by atoms with Crippen molar-refractivity contribution in [3.05, 3.63) is 48.3 Å². The molecule has 0 aliphatic heterocycles. The molecule has 0 saturated carbocycles. The van der Waals surface area contributed by atoms with Crippen molar-refractivity contribution in [1.29, 1.82) is 0 Å². The van der Waals surface area contributed by atoms with Crippen LogP contribution in [0.25, 0.3) is 0 Å². The summed E-state index contributed by atoms with van der Waals surface area (Å²) < 4.78 is 12.9. The molecule has 1 aromatic carbocycles. The molecule has 0 bridgehead atoms. The van der Waals surface area contributed by atoms with Crippen LogP contribution < -0.4 is 10.6 Å². The van der Waals surface area contributed by atoms with E-state index in [0.717, 1.165) is 5.56 Å². The molecule has 0 aliphatic carbocycles. The first kappa shape index (κ1) is 15.9. The summed E-state index contributed by atoms with van der Waals surface area (Å²) in [4.78, 5) is 4.02. The molecule has 0 aliphatic rings. The van der Waals surface area contributed by atoms with Gasteiger partial charge in [-0.25, -0.2) is 4.39 Å². The summed E-state index contributed by atoms with van der Waals surface area (Å²) in [6.45, 7) is 4.78. The SMILES string of the molecule is C=CCNC(=NC)NCc1cccc(F)c1.I. The van der Waals surface area contributed by atoms with E-state index >= 15 is 0 Å². The Morgan fingerprint density at radius 1 is 1.47 bits per heavy atom. The van der Waals surface area contributed by atoms with Gasteiger partial charge in [-0.1, -0.05) is 18.2 Å². The predicted octanol–water partition coefficient (Wildman–Crippen LogP) is 2.29. The summed E-state index contributed by atoms with van der Waals surface area (Å²) in [5.74, 6) is 0.442. The van der Waals surface area contributed by atoms with E-state index in [2.05, 4.69) is 22.2 Å². The summed E-state index contributed by atoms with van der Waals surface area (Å²) in [5, 5.41) is 6.10. The fraction of sp³-hybridized carbons (Fsp3) is 0.250. The number of hydrogen-bond donors (Lipinski definition) is 2. The van der Waals surface area contributed by atoms with Gasteiger partial charge < -0.3 is 10.6 Å². The first-order valence-corrected chi connectivity index (χ1v) is 5.06. The van der Waals surface area contributed by atoms with Gasteiger partial charge in [-0.2, -0.15) is 0 Å². The molecule has 17 heavy (non-hydrogen) atoms. The Morgan fingerprint density at radius 2 is 2.24 bits per heavy atom. The van der Waals surface area contributed by atoms with Crippen molar-refractivity contribution >= 4 is 29.9 Å². The Bertz CT molecular complexity index is 380. The van der Waals surface area contributed by atoms with Gasteiger partial charge in [0.2, 0.25) is 0 Å². The van der Waals surface area contributed by atoms with Crippen LogP contribution in [-0.4, -0.2) is 19.6 Å². The Hall–Kier alpha value is -1.11. The van der Waals surface area contributed by atoms with Crippen LogP contribution in [-0.2, 0) is 6.54 Å². The molecule has 0 atom stereocenters. The zero-order valence-corrected chi connectivity index (χ0v) is 12.1. The first-order valence-electron chi connectivity index (χ1n) is 5.06. The number of hydrogen-bond acceptors (Lipinski definition) is 1. The molecular formula is C12H17FIN3. The van der Waals surface area contributed by atoms with Crippen LogP contribution >= 0.6 is 24.0 Å². The van der Waals surface area contributed by atoms with Crippen LogP contribution in [0.15, 0.2) is 41.9 Å². The normalized spacial score (nSPS) is 10.4. The Balaban J connectivity index is 0.00000256. The van der Waals surface area contributed by atoms with Gasteiger partial charge in [0.15, 0.2) is 5.96 Å².